The summed E-state index contributed by atoms with van der Waals surface area (Å²) < 4.78 is 2.25. The van der Waals surface area contributed by atoms with Gasteiger partial charge in [-0.3, -0.25) is 4.57 Å². The molecule has 4 heteroatoms. The average Bonchev–Trinajstić information content (AvgIpc) is 3.69. The summed E-state index contributed by atoms with van der Waals surface area (Å²) in [5, 5.41) is 7.20. The highest BCUT2D eigenvalue weighted by Gasteiger charge is 2.36. The smallest absolute Gasteiger partial charge is 0.238 e. The van der Waals surface area contributed by atoms with Gasteiger partial charge < -0.3 is 0 Å². The van der Waals surface area contributed by atoms with E-state index < -0.39 is 0 Å². The van der Waals surface area contributed by atoms with Gasteiger partial charge >= 0.3 is 0 Å². The highest BCUT2D eigenvalue weighted by molar-refractivity contribution is 6.14. The number of fused-ring (bicyclic) bond motifs is 9. The van der Waals surface area contributed by atoms with Crippen molar-refractivity contribution < 1.29 is 0 Å². The lowest BCUT2D eigenvalue weighted by Gasteiger charge is -2.21. The maximum Gasteiger partial charge on any atom is 0.238 e. The molecule has 1 aliphatic carbocycles. The largest absolute Gasteiger partial charge is 0.277 e. The van der Waals surface area contributed by atoms with Crippen LogP contribution in [0.15, 0.2) is 170 Å². The van der Waals surface area contributed by atoms with Gasteiger partial charge in [0.1, 0.15) is 0 Å². The molecule has 4 nitrogen and oxygen atoms in total. The molecule has 0 aliphatic heterocycles. The summed E-state index contributed by atoms with van der Waals surface area (Å²) in [5.74, 6) is 1.86. The normalized spacial score (nSPS) is 13.1. The van der Waals surface area contributed by atoms with Crippen LogP contribution in [0, 0.1) is 0 Å². The Morgan fingerprint density at radius 1 is 0.426 bits per heavy atom. The Morgan fingerprint density at radius 2 is 1.07 bits per heavy atom. The van der Waals surface area contributed by atoms with E-state index in [0.29, 0.717) is 17.6 Å². The highest BCUT2D eigenvalue weighted by atomic mass is 15.2. The van der Waals surface area contributed by atoms with Gasteiger partial charge in [-0.05, 0) is 67.6 Å². The average molecular weight is 691 g/mol. The summed E-state index contributed by atoms with van der Waals surface area (Å²) in [6, 6.07) is 60.7. The molecule has 0 spiro atoms. The first kappa shape index (κ1) is 30.7. The summed E-state index contributed by atoms with van der Waals surface area (Å²) in [5.41, 5.74) is 11.6. The van der Waals surface area contributed by atoms with Crippen LogP contribution in [0.4, 0.5) is 0 Å². The molecular formula is C50H34N4. The van der Waals surface area contributed by atoms with E-state index >= 15 is 0 Å². The second kappa shape index (κ2) is 11.5. The Labute approximate surface area is 313 Å². The second-order valence-corrected chi connectivity index (χ2v) is 14.9. The lowest BCUT2D eigenvalue weighted by Crippen LogP contribution is -2.14. The van der Waals surface area contributed by atoms with Crippen molar-refractivity contribution in [1.29, 1.82) is 0 Å². The number of hydrogen-bond donors (Lipinski definition) is 0. The number of hydrogen-bond acceptors (Lipinski definition) is 3. The van der Waals surface area contributed by atoms with Gasteiger partial charge in [-0.25, -0.2) is 4.98 Å². The van der Waals surface area contributed by atoms with Crippen molar-refractivity contribution in [1.82, 2.24) is 19.5 Å². The zero-order valence-electron chi connectivity index (χ0n) is 30.0. The SMILES string of the molecule is CC1(C)c2ccc(-c3cccc4c5ccccc5n(-c5nc(-c6ccccc6)nc(-c6ccc7ccccc7c6)n5)c34)cc2-c2c1ccc1ccccc21. The lowest BCUT2D eigenvalue weighted by molar-refractivity contribution is 0.661. The molecule has 0 atom stereocenters. The summed E-state index contributed by atoms with van der Waals surface area (Å²) in [4.78, 5) is 15.6. The van der Waals surface area contributed by atoms with Crippen molar-refractivity contribution in [3.05, 3.63) is 181 Å². The van der Waals surface area contributed by atoms with E-state index in [9.17, 15) is 0 Å². The summed E-state index contributed by atoms with van der Waals surface area (Å²) >= 11 is 0. The van der Waals surface area contributed by atoms with E-state index in [-0.39, 0.29) is 5.41 Å². The third kappa shape index (κ3) is 4.53. The predicted molar refractivity (Wildman–Crippen MR) is 223 cm³/mol. The van der Waals surface area contributed by atoms with Crippen LogP contribution in [0.1, 0.15) is 25.0 Å². The number of aromatic nitrogens is 4. The van der Waals surface area contributed by atoms with E-state index in [2.05, 4.69) is 170 Å². The molecule has 1 aliphatic rings. The first-order chi connectivity index (χ1) is 26.5. The fourth-order valence-electron chi connectivity index (χ4n) is 8.79. The highest BCUT2D eigenvalue weighted by Crippen LogP contribution is 2.52. The van der Waals surface area contributed by atoms with E-state index in [1.807, 2.05) is 18.2 Å². The predicted octanol–water partition coefficient (Wildman–Crippen LogP) is 12.6. The van der Waals surface area contributed by atoms with Crippen LogP contribution >= 0.6 is 0 Å². The number of rotatable bonds is 4. The summed E-state index contributed by atoms with van der Waals surface area (Å²) in [6.07, 6.45) is 0. The van der Waals surface area contributed by atoms with Crippen LogP contribution in [0.5, 0.6) is 0 Å². The maximum atomic E-state index is 5.30. The zero-order chi connectivity index (χ0) is 36.0. The van der Waals surface area contributed by atoms with E-state index in [0.717, 1.165) is 49.4 Å². The molecule has 54 heavy (non-hydrogen) atoms. The molecule has 10 aromatic rings. The zero-order valence-corrected chi connectivity index (χ0v) is 30.0. The van der Waals surface area contributed by atoms with Gasteiger partial charge in [-0.15, -0.1) is 0 Å². The van der Waals surface area contributed by atoms with Gasteiger partial charge in [-0.2, -0.15) is 9.97 Å². The van der Waals surface area contributed by atoms with Crippen LogP contribution in [-0.4, -0.2) is 19.5 Å². The van der Waals surface area contributed by atoms with Crippen LogP contribution in [0.2, 0.25) is 0 Å². The van der Waals surface area contributed by atoms with Crippen LogP contribution in [-0.2, 0) is 5.41 Å². The number of benzene rings is 8. The molecule has 2 aromatic heterocycles. The molecule has 0 unspecified atom stereocenters. The fourth-order valence-corrected chi connectivity index (χ4v) is 8.79. The van der Waals surface area contributed by atoms with Crippen molar-refractivity contribution in [3.63, 3.8) is 0 Å². The molecule has 0 saturated carbocycles. The number of nitrogens with zero attached hydrogens (tertiary/aromatic N) is 4. The lowest BCUT2D eigenvalue weighted by atomic mass is 9.82. The molecule has 0 radical (unpaired) electrons. The van der Waals surface area contributed by atoms with Gasteiger partial charge in [0.15, 0.2) is 11.6 Å². The molecule has 0 amide bonds. The molecule has 0 N–H and O–H groups in total. The fraction of sp³-hybridized carbons (Fsp3) is 0.0600. The van der Waals surface area contributed by atoms with Gasteiger partial charge in [0.2, 0.25) is 5.95 Å². The first-order valence-corrected chi connectivity index (χ1v) is 18.5. The standard InChI is InChI=1S/C50H34N4/c1-50(2)42-27-26-35(30-41(42)45-37-18-9-8-14-32(37)25-28-43(45)50)38-20-12-21-40-39-19-10-11-22-44(39)54(46(38)40)49-52-47(33-15-4-3-5-16-33)51-48(53-49)36-24-23-31-13-6-7-17-34(31)29-36/h3-30H,1-2H3. The minimum absolute atomic E-state index is 0.105. The monoisotopic (exact) mass is 690 g/mol. The van der Waals surface area contributed by atoms with E-state index in [4.69, 9.17) is 15.0 Å². The summed E-state index contributed by atoms with van der Waals surface area (Å²) in [6.45, 7) is 4.70. The van der Waals surface area contributed by atoms with Crippen molar-refractivity contribution in [3.8, 4) is 51.0 Å². The molecular weight excluding hydrogens is 657 g/mol. The topological polar surface area (TPSA) is 43.6 Å². The minimum Gasteiger partial charge on any atom is -0.277 e. The Balaban J connectivity index is 1.19. The van der Waals surface area contributed by atoms with E-state index in [1.54, 1.807) is 0 Å². The minimum atomic E-state index is -0.105. The Hall–Kier alpha value is -6.91. The Kier molecular flexibility index (Phi) is 6.56. The van der Waals surface area contributed by atoms with E-state index in [1.165, 1.54) is 38.4 Å². The second-order valence-electron chi connectivity index (χ2n) is 14.9. The molecule has 11 rings (SSSR count). The van der Waals surface area contributed by atoms with Gasteiger partial charge in [0.25, 0.3) is 0 Å². The van der Waals surface area contributed by atoms with Crippen molar-refractivity contribution in [2.45, 2.75) is 19.3 Å². The molecule has 0 bridgehead atoms. The Morgan fingerprint density at radius 3 is 1.93 bits per heavy atom. The molecule has 0 saturated heterocycles. The third-order valence-corrected chi connectivity index (χ3v) is 11.4. The van der Waals surface area contributed by atoms with Crippen molar-refractivity contribution in [2.24, 2.45) is 0 Å². The van der Waals surface area contributed by atoms with Gasteiger partial charge in [0, 0.05) is 32.9 Å². The van der Waals surface area contributed by atoms with Crippen LogP contribution < -0.4 is 0 Å². The van der Waals surface area contributed by atoms with Crippen molar-refractivity contribution in [2.75, 3.05) is 0 Å². The first-order valence-electron chi connectivity index (χ1n) is 18.5. The van der Waals surface area contributed by atoms with Crippen LogP contribution in [0.25, 0.3) is 94.3 Å². The quantitative estimate of drug-likeness (QED) is 0.185. The molecule has 254 valence electrons. The van der Waals surface area contributed by atoms with Crippen molar-refractivity contribution >= 4 is 43.4 Å². The summed E-state index contributed by atoms with van der Waals surface area (Å²) in [7, 11) is 0. The number of para-hydroxylation sites is 2. The maximum absolute atomic E-state index is 5.30. The Bertz CT molecular complexity index is 3140. The van der Waals surface area contributed by atoms with Crippen LogP contribution in [0.3, 0.4) is 0 Å². The van der Waals surface area contributed by atoms with Gasteiger partial charge in [0.05, 0.1) is 11.0 Å². The molecule has 2 heterocycles. The third-order valence-electron chi connectivity index (χ3n) is 11.4. The molecule has 8 aromatic carbocycles. The van der Waals surface area contributed by atoms with Gasteiger partial charge in [-0.1, -0.05) is 166 Å². The molecule has 0 fully saturated rings.